The van der Waals surface area contributed by atoms with E-state index in [1.54, 1.807) is 0 Å². The van der Waals surface area contributed by atoms with Crippen LogP contribution < -0.4 is 5.32 Å². The van der Waals surface area contributed by atoms with Crippen molar-refractivity contribution in [1.29, 1.82) is 0 Å². The van der Waals surface area contributed by atoms with Gasteiger partial charge in [-0.1, -0.05) is 60.1 Å². The Bertz CT molecular complexity index is 1180. The van der Waals surface area contributed by atoms with E-state index < -0.39 is 0 Å². The summed E-state index contributed by atoms with van der Waals surface area (Å²) in [7, 11) is 0. The SMILES string of the molecule is Clc1ccccc1CCc1ncc2nc(-c3ccccc3)n(CCC3CCNCC3)c2n1. The van der Waals surface area contributed by atoms with Crippen molar-refractivity contribution in [3.8, 4) is 11.4 Å². The summed E-state index contributed by atoms with van der Waals surface area (Å²) in [6, 6.07) is 18.4. The highest BCUT2D eigenvalue weighted by atomic mass is 35.5. The molecule has 2 aromatic carbocycles. The molecule has 5 nitrogen and oxygen atoms in total. The van der Waals surface area contributed by atoms with Crippen molar-refractivity contribution in [2.45, 2.75) is 38.6 Å². The van der Waals surface area contributed by atoms with Gasteiger partial charge in [-0.25, -0.2) is 15.0 Å². The summed E-state index contributed by atoms with van der Waals surface area (Å²) < 4.78 is 2.30. The number of aromatic nitrogens is 4. The van der Waals surface area contributed by atoms with Crippen LogP contribution in [0.5, 0.6) is 0 Å². The lowest BCUT2D eigenvalue weighted by Crippen LogP contribution is -2.28. The number of hydrogen-bond donors (Lipinski definition) is 1. The van der Waals surface area contributed by atoms with Crippen molar-refractivity contribution >= 4 is 22.8 Å². The summed E-state index contributed by atoms with van der Waals surface area (Å²) in [6.07, 6.45) is 7.07. The van der Waals surface area contributed by atoms with Gasteiger partial charge in [-0.05, 0) is 56.3 Å². The molecule has 1 saturated heterocycles. The number of halogens is 1. The van der Waals surface area contributed by atoms with Gasteiger partial charge in [0.15, 0.2) is 5.65 Å². The van der Waals surface area contributed by atoms with Gasteiger partial charge in [0.05, 0.1) is 6.20 Å². The minimum atomic E-state index is 0.749. The average molecular weight is 446 g/mol. The fourth-order valence-corrected chi connectivity index (χ4v) is 4.75. The van der Waals surface area contributed by atoms with Gasteiger partial charge in [-0.15, -0.1) is 0 Å². The lowest BCUT2D eigenvalue weighted by Gasteiger charge is -2.23. The molecule has 0 unspecified atom stereocenters. The first kappa shape index (κ1) is 21.1. The molecule has 164 valence electrons. The second-order valence-corrected chi connectivity index (χ2v) is 8.93. The van der Waals surface area contributed by atoms with Crippen LogP contribution in [0.2, 0.25) is 5.02 Å². The van der Waals surface area contributed by atoms with Crippen molar-refractivity contribution in [2.75, 3.05) is 13.1 Å². The Hall–Kier alpha value is -2.76. The van der Waals surface area contributed by atoms with Gasteiger partial charge in [0.25, 0.3) is 0 Å². The number of hydrogen-bond acceptors (Lipinski definition) is 4. The summed E-state index contributed by atoms with van der Waals surface area (Å²) in [5.41, 5.74) is 4.04. The largest absolute Gasteiger partial charge is 0.317 e. The van der Waals surface area contributed by atoms with E-state index in [-0.39, 0.29) is 0 Å². The second kappa shape index (κ2) is 9.80. The number of aryl methyl sites for hydroxylation is 3. The van der Waals surface area contributed by atoms with Gasteiger partial charge in [-0.3, -0.25) is 0 Å². The van der Waals surface area contributed by atoms with Gasteiger partial charge in [0.2, 0.25) is 0 Å². The zero-order valence-corrected chi connectivity index (χ0v) is 18.9. The van der Waals surface area contributed by atoms with E-state index in [9.17, 15) is 0 Å². The Balaban J connectivity index is 1.45. The molecule has 2 aromatic heterocycles. The zero-order valence-electron chi connectivity index (χ0n) is 18.2. The van der Waals surface area contributed by atoms with Crippen molar-refractivity contribution < 1.29 is 0 Å². The Morgan fingerprint density at radius 3 is 2.53 bits per heavy atom. The van der Waals surface area contributed by atoms with Crippen LogP contribution in [0.15, 0.2) is 60.8 Å². The molecule has 0 amide bonds. The van der Waals surface area contributed by atoms with Crippen LogP contribution in [-0.2, 0) is 19.4 Å². The maximum Gasteiger partial charge on any atom is 0.164 e. The third-order valence-corrected chi connectivity index (χ3v) is 6.73. The maximum absolute atomic E-state index is 6.34. The van der Waals surface area contributed by atoms with E-state index >= 15 is 0 Å². The van der Waals surface area contributed by atoms with E-state index in [2.05, 4.69) is 45.2 Å². The van der Waals surface area contributed by atoms with Crippen molar-refractivity contribution in [1.82, 2.24) is 24.8 Å². The van der Waals surface area contributed by atoms with Crippen LogP contribution in [0.1, 0.15) is 30.7 Å². The van der Waals surface area contributed by atoms with Crippen LogP contribution in [0.25, 0.3) is 22.6 Å². The summed E-state index contributed by atoms with van der Waals surface area (Å²) in [4.78, 5) is 14.5. The fraction of sp³-hybridized carbons (Fsp3) is 0.346. The summed E-state index contributed by atoms with van der Waals surface area (Å²) in [5.74, 6) is 2.56. The van der Waals surface area contributed by atoms with Crippen LogP contribution >= 0.6 is 11.6 Å². The standard InChI is InChI=1S/C26H28ClN5/c27-22-9-5-4-6-20(22)10-11-24-29-18-23-26(31-24)32(17-14-19-12-15-28-16-13-19)25(30-23)21-7-2-1-3-8-21/h1-9,18-19,28H,10-17H2. The minimum Gasteiger partial charge on any atom is -0.317 e. The molecule has 3 heterocycles. The molecule has 0 saturated carbocycles. The van der Waals surface area contributed by atoms with Crippen molar-refractivity contribution in [2.24, 2.45) is 5.92 Å². The number of benzene rings is 2. The fourth-order valence-electron chi connectivity index (χ4n) is 4.52. The topological polar surface area (TPSA) is 55.6 Å². The predicted molar refractivity (Wildman–Crippen MR) is 130 cm³/mol. The molecular weight excluding hydrogens is 418 g/mol. The number of imidazole rings is 1. The number of fused-ring (bicyclic) bond motifs is 1. The highest BCUT2D eigenvalue weighted by molar-refractivity contribution is 6.31. The van der Waals surface area contributed by atoms with Crippen LogP contribution in [0.4, 0.5) is 0 Å². The molecule has 6 heteroatoms. The third kappa shape index (κ3) is 4.69. The molecule has 0 spiro atoms. The molecule has 32 heavy (non-hydrogen) atoms. The molecule has 1 aliphatic heterocycles. The molecule has 0 bridgehead atoms. The van der Waals surface area contributed by atoms with Crippen LogP contribution in [0, 0.1) is 5.92 Å². The first-order chi connectivity index (χ1) is 15.8. The lowest BCUT2D eigenvalue weighted by molar-refractivity contribution is 0.339. The van der Waals surface area contributed by atoms with Gasteiger partial charge >= 0.3 is 0 Å². The van der Waals surface area contributed by atoms with Crippen LogP contribution in [-0.4, -0.2) is 32.6 Å². The molecule has 0 aliphatic carbocycles. The second-order valence-electron chi connectivity index (χ2n) is 8.52. The highest BCUT2D eigenvalue weighted by Crippen LogP contribution is 2.26. The molecular formula is C26H28ClN5. The van der Waals surface area contributed by atoms with Gasteiger partial charge in [-0.2, -0.15) is 0 Å². The number of rotatable bonds is 7. The zero-order chi connectivity index (χ0) is 21.8. The summed E-state index contributed by atoms with van der Waals surface area (Å²) >= 11 is 6.34. The highest BCUT2D eigenvalue weighted by Gasteiger charge is 2.18. The Kier molecular flexibility index (Phi) is 6.46. The first-order valence-corrected chi connectivity index (χ1v) is 11.9. The Labute approximate surface area is 193 Å². The van der Waals surface area contributed by atoms with E-state index in [1.807, 2.05) is 30.5 Å². The van der Waals surface area contributed by atoms with Gasteiger partial charge in [0, 0.05) is 23.6 Å². The molecule has 0 radical (unpaired) electrons. The molecule has 0 atom stereocenters. The molecule has 1 N–H and O–H groups in total. The Morgan fingerprint density at radius 2 is 1.72 bits per heavy atom. The number of piperidine rings is 1. The molecule has 1 aliphatic rings. The normalized spacial score (nSPS) is 14.8. The summed E-state index contributed by atoms with van der Waals surface area (Å²) in [6.45, 7) is 3.16. The van der Waals surface area contributed by atoms with Gasteiger partial charge in [0.1, 0.15) is 17.2 Å². The Morgan fingerprint density at radius 1 is 0.938 bits per heavy atom. The molecule has 5 rings (SSSR count). The number of nitrogens with one attached hydrogen (secondary N) is 1. The van der Waals surface area contributed by atoms with E-state index in [4.69, 9.17) is 21.6 Å². The monoisotopic (exact) mass is 445 g/mol. The maximum atomic E-state index is 6.34. The lowest BCUT2D eigenvalue weighted by atomic mass is 9.95. The van der Waals surface area contributed by atoms with E-state index in [0.717, 1.165) is 83.8 Å². The van der Waals surface area contributed by atoms with Crippen LogP contribution in [0.3, 0.4) is 0 Å². The van der Waals surface area contributed by atoms with Crippen molar-refractivity contribution in [3.05, 3.63) is 77.2 Å². The quantitative estimate of drug-likeness (QED) is 0.418. The average Bonchev–Trinajstić information content (AvgIpc) is 3.21. The number of nitrogens with zero attached hydrogens (tertiary/aromatic N) is 4. The van der Waals surface area contributed by atoms with E-state index in [1.165, 1.54) is 12.8 Å². The molecule has 1 fully saturated rings. The van der Waals surface area contributed by atoms with Gasteiger partial charge < -0.3 is 9.88 Å². The predicted octanol–water partition coefficient (Wildman–Crippen LogP) is 5.32. The summed E-state index contributed by atoms with van der Waals surface area (Å²) in [5, 5.41) is 4.26. The first-order valence-electron chi connectivity index (χ1n) is 11.5. The third-order valence-electron chi connectivity index (χ3n) is 6.37. The van der Waals surface area contributed by atoms with E-state index in [0.29, 0.717) is 0 Å². The molecule has 4 aromatic rings. The smallest absolute Gasteiger partial charge is 0.164 e. The minimum absolute atomic E-state index is 0.749. The van der Waals surface area contributed by atoms with Crippen molar-refractivity contribution in [3.63, 3.8) is 0 Å².